The van der Waals surface area contributed by atoms with Gasteiger partial charge in [0.05, 0.1) is 11.6 Å². The van der Waals surface area contributed by atoms with Crippen LogP contribution in [0.2, 0.25) is 0 Å². The highest BCUT2D eigenvalue weighted by Gasteiger charge is 2.47. The van der Waals surface area contributed by atoms with Gasteiger partial charge in [0.15, 0.2) is 0 Å². The lowest BCUT2D eigenvalue weighted by Crippen LogP contribution is -2.30. The van der Waals surface area contributed by atoms with Gasteiger partial charge in [0, 0.05) is 40.1 Å². The van der Waals surface area contributed by atoms with Crippen LogP contribution in [0.5, 0.6) is 0 Å². The molecular formula is C27H22BrFN2O3. The molecule has 0 aromatic heterocycles. The Balaban J connectivity index is 1.64. The average Bonchev–Trinajstić information content (AvgIpc) is 3.47. The third-order valence-corrected chi connectivity index (χ3v) is 6.89. The fourth-order valence-corrected chi connectivity index (χ4v) is 4.92. The van der Waals surface area contributed by atoms with E-state index in [9.17, 15) is 19.1 Å². The van der Waals surface area contributed by atoms with Crippen molar-refractivity contribution in [3.8, 4) is 0 Å². The summed E-state index contributed by atoms with van der Waals surface area (Å²) in [5.74, 6) is -2.55. The molecule has 0 spiro atoms. The average molecular weight is 521 g/mol. The van der Waals surface area contributed by atoms with Gasteiger partial charge >= 0.3 is 0 Å². The molecule has 172 valence electrons. The molecule has 5 nitrogen and oxygen atoms in total. The van der Waals surface area contributed by atoms with Gasteiger partial charge in [0.25, 0.3) is 11.7 Å². The van der Waals surface area contributed by atoms with Crippen LogP contribution in [0.1, 0.15) is 30.0 Å². The van der Waals surface area contributed by atoms with Crippen LogP contribution in [0, 0.1) is 5.82 Å². The molecule has 7 heteroatoms. The van der Waals surface area contributed by atoms with Crippen LogP contribution >= 0.6 is 15.9 Å². The van der Waals surface area contributed by atoms with Crippen molar-refractivity contribution >= 4 is 44.8 Å². The van der Waals surface area contributed by atoms with Gasteiger partial charge in [-0.15, -0.1) is 0 Å². The van der Waals surface area contributed by atoms with Gasteiger partial charge in [-0.05, 0) is 55.3 Å². The predicted molar refractivity (Wildman–Crippen MR) is 133 cm³/mol. The van der Waals surface area contributed by atoms with Crippen molar-refractivity contribution < 1.29 is 19.1 Å². The predicted octanol–water partition coefficient (Wildman–Crippen LogP) is 5.81. The third-order valence-electron chi connectivity index (χ3n) is 6.36. The second-order valence-electron chi connectivity index (χ2n) is 8.41. The second-order valence-corrected chi connectivity index (χ2v) is 9.32. The Labute approximate surface area is 205 Å². The standard InChI is InChI=1S/C27H22BrFN2O3/c28-18-9-7-17(8-10-18)25(32)23-24(21-5-1-2-6-22(21)29)31(27(34)26(23)33)20-13-11-19(12-14-20)30-15-3-4-16-30/h1-2,5-14,24,32H,3-4,15-16H2/b25-23+. The lowest BCUT2D eigenvalue weighted by molar-refractivity contribution is -0.132. The SMILES string of the molecule is O=C1C(=O)N(c2ccc(N3CCCC3)cc2)C(c2ccccc2F)/C1=C(\O)c1ccc(Br)cc1. The molecule has 3 aromatic rings. The molecule has 2 fully saturated rings. The van der Waals surface area contributed by atoms with E-state index >= 15 is 0 Å². The molecule has 2 saturated heterocycles. The molecule has 0 aliphatic carbocycles. The lowest BCUT2D eigenvalue weighted by Gasteiger charge is -2.26. The molecule has 3 aromatic carbocycles. The maximum Gasteiger partial charge on any atom is 0.300 e. The van der Waals surface area contributed by atoms with Gasteiger partial charge < -0.3 is 10.0 Å². The van der Waals surface area contributed by atoms with Crippen LogP contribution in [0.3, 0.4) is 0 Å². The Bertz CT molecular complexity index is 1280. The minimum Gasteiger partial charge on any atom is -0.507 e. The smallest absolute Gasteiger partial charge is 0.300 e. The fourth-order valence-electron chi connectivity index (χ4n) is 4.65. The van der Waals surface area contributed by atoms with Gasteiger partial charge in [-0.1, -0.05) is 46.3 Å². The Hall–Kier alpha value is -3.45. The normalized spacial score (nSPS) is 19.8. The summed E-state index contributed by atoms with van der Waals surface area (Å²) in [4.78, 5) is 30.0. The second kappa shape index (κ2) is 9.06. The monoisotopic (exact) mass is 520 g/mol. The van der Waals surface area contributed by atoms with E-state index in [1.807, 2.05) is 12.1 Å². The summed E-state index contributed by atoms with van der Waals surface area (Å²) in [6, 6.07) is 19.0. The van der Waals surface area contributed by atoms with Crippen LogP contribution < -0.4 is 9.80 Å². The van der Waals surface area contributed by atoms with Crippen molar-refractivity contribution in [2.24, 2.45) is 0 Å². The highest BCUT2D eigenvalue weighted by molar-refractivity contribution is 9.10. The summed E-state index contributed by atoms with van der Waals surface area (Å²) in [6.45, 7) is 1.96. The summed E-state index contributed by atoms with van der Waals surface area (Å²) in [5.41, 5.74) is 1.88. The highest BCUT2D eigenvalue weighted by Crippen LogP contribution is 2.43. The van der Waals surface area contributed by atoms with E-state index in [0.717, 1.165) is 36.1 Å². The summed E-state index contributed by atoms with van der Waals surface area (Å²) in [5, 5.41) is 11.1. The Morgan fingerprint density at radius 2 is 1.50 bits per heavy atom. The molecule has 2 heterocycles. The zero-order valence-electron chi connectivity index (χ0n) is 18.2. The van der Waals surface area contributed by atoms with Crippen LogP contribution in [0.25, 0.3) is 5.76 Å². The molecular weight excluding hydrogens is 499 g/mol. The number of aliphatic hydroxyl groups excluding tert-OH is 1. The van der Waals surface area contributed by atoms with Crippen molar-refractivity contribution in [1.29, 1.82) is 0 Å². The van der Waals surface area contributed by atoms with Crippen molar-refractivity contribution in [3.63, 3.8) is 0 Å². The third kappa shape index (κ3) is 3.90. The Morgan fingerprint density at radius 3 is 2.15 bits per heavy atom. The molecule has 5 rings (SSSR count). The molecule has 2 aliphatic heterocycles. The maximum absolute atomic E-state index is 15.0. The minimum atomic E-state index is -1.09. The highest BCUT2D eigenvalue weighted by atomic mass is 79.9. The first-order chi connectivity index (χ1) is 16.5. The summed E-state index contributed by atoms with van der Waals surface area (Å²) in [6.07, 6.45) is 2.28. The van der Waals surface area contributed by atoms with Gasteiger partial charge in [-0.3, -0.25) is 14.5 Å². The van der Waals surface area contributed by atoms with E-state index in [2.05, 4.69) is 20.8 Å². The first-order valence-corrected chi connectivity index (χ1v) is 11.9. The number of amides is 1. The molecule has 0 saturated carbocycles. The zero-order chi connectivity index (χ0) is 23.8. The zero-order valence-corrected chi connectivity index (χ0v) is 19.8. The van der Waals surface area contributed by atoms with Crippen molar-refractivity contribution in [2.75, 3.05) is 22.9 Å². The number of halogens is 2. The van der Waals surface area contributed by atoms with Gasteiger partial charge in [0.2, 0.25) is 0 Å². The summed E-state index contributed by atoms with van der Waals surface area (Å²) >= 11 is 3.35. The molecule has 1 N–H and O–H groups in total. The number of carbonyl (C=O) groups excluding carboxylic acids is 2. The number of hydrogen-bond acceptors (Lipinski definition) is 4. The summed E-state index contributed by atoms with van der Waals surface area (Å²) in [7, 11) is 0. The number of carbonyl (C=O) groups is 2. The van der Waals surface area contributed by atoms with Crippen molar-refractivity contribution in [2.45, 2.75) is 18.9 Å². The molecule has 0 radical (unpaired) electrons. The number of aliphatic hydroxyl groups is 1. The number of Topliss-reactive ketones (excluding diaryl/α,β-unsaturated/α-hetero) is 1. The van der Waals surface area contributed by atoms with Crippen LogP contribution in [-0.4, -0.2) is 29.9 Å². The van der Waals surface area contributed by atoms with Crippen LogP contribution in [0.15, 0.2) is 82.8 Å². The van der Waals surface area contributed by atoms with Gasteiger partial charge in [0.1, 0.15) is 11.6 Å². The van der Waals surface area contributed by atoms with E-state index in [0.29, 0.717) is 11.3 Å². The first kappa shape index (κ1) is 22.3. The van der Waals surface area contributed by atoms with E-state index in [1.165, 1.54) is 17.0 Å². The molecule has 0 bridgehead atoms. The molecule has 34 heavy (non-hydrogen) atoms. The first-order valence-electron chi connectivity index (χ1n) is 11.1. The summed E-state index contributed by atoms with van der Waals surface area (Å²) < 4.78 is 15.8. The topological polar surface area (TPSA) is 60.9 Å². The fraction of sp³-hybridized carbons (Fsp3) is 0.185. The quantitative estimate of drug-likeness (QED) is 0.267. The van der Waals surface area contributed by atoms with E-state index in [-0.39, 0.29) is 16.9 Å². The van der Waals surface area contributed by atoms with E-state index in [4.69, 9.17) is 0 Å². The number of anilines is 2. The van der Waals surface area contributed by atoms with Gasteiger partial charge in [-0.2, -0.15) is 0 Å². The number of ketones is 1. The molecule has 1 atom stereocenters. The molecule has 1 amide bonds. The van der Waals surface area contributed by atoms with E-state index < -0.39 is 23.5 Å². The number of rotatable bonds is 4. The number of hydrogen-bond donors (Lipinski definition) is 1. The van der Waals surface area contributed by atoms with Crippen LogP contribution in [-0.2, 0) is 9.59 Å². The van der Waals surface area contributed by atoms with E-state index in [1.54, 1.807) is 48.5 Å². The number of benzene rings is 3. The number of nitrogens with zero attached hydrogens (tertiary/aromatic N) is 2. The molecule has 1 unspecified atom stereocenters. The Kier molecular flexibility index (Phi) is 5.96. The molecule has 2 aliphatic rings. The van der Waals surface area contributed by atoms with Crippen molar-refractivity contribution in [3.05, 3.63) is 99.8 Å². The minimum absolute atomic E-state index is 0.138. The van der Waals surface area contributed by atoms with Gasteiger partial charge in [-0.25, -0.2) is 4.39 Å². The lowest BCUT2D eigenvalue weighted by atomic mass is 9.94. The van der Waals surface area contributed by atoms with Crippen molar-refractivity contribution in [1.82, 2.24) is 0 Å². The van der Waals surface area contributed by atoms with Crippen LogP contribution in [0.4, 0.5) is 15.8 Å². The maximum atomic E-state index is 15.0. The largest absolute Gasteiger partial charge is 0.507 e. The Morgan fingerprint density at radius 1 is 0.882 bits per heavy atom.